The summed E-state index contributed by atoms with van der Waals surface area (Å²) in [7, 11) is 0. The fourth-order valence-corrected chi connectivity index (χ4v) is 2.14. The first-order valence-electron chi connectivity index (χ1n) is 7.87. The summed E-state index contributed by atoms with van der Waals surface area (Å²) in [6.45, 7) is 5.31. The Morgan fingerprint density at radius 1 is 0.958 bits per heavy atom. The number of carbonyl (C=O) groups excluding carboxylic acids is 2. The molecule has 0 heterocycles. The standard InChI is InChI=1S/C19H23N3O2/c1-13(2)17(23)21-15-10-7-11-16(12-15)22-18(24)19(3,20)14-8-5-4-6-9-14/h4-13H,20H2,1-3H3,(H,21,23)(H,22,24). The van der Waals surface area contributed by atoms with Gasteiger partial charge in [0, 0.05) is 17.3 Å². The molecule has 126 valence electrons. The summed E-state index contributed by atoms with van der Waals surface area (Å²) in [4.78, 5) is 24.3. The summed E-state index contributed by atoms with van der Waals surface area (Å²) in [5.41, 5.74) is 6.99. The summed E-state index contributed by atoms with van der Waals surface area (Å²) in [5, 5.41) is 5.61. The normalized spacial score (nSPS) is 13.2. The van der Waals surface area contributed by atoms with Crippen molar-refractivity contribution >= 4 is 23.2 Å². The van der Waals surface area contributed by atoms with Gasteiger partial charge in [0.05, 0.1) is 0 Å². The molecule has 0 spiro atoms. The van der Waals surface area contributed by atoms with Gasteiger partial charge in [0.25, 0.3) is 0 Å². The van der Waals surface area contributed by atoms with E-state index in [2.05, 4.69) is 10.6 Å². The zero-order valence-corrected chi connectivity index (χ0v) is 14.2. The number of carbonyl (C=O) groups is 2. The monoisotopic (exact) mass is 325 g/mol. The molecule has 1 atom stereocenters. The molecule has 0 aromatic heterocycles. The molecule has 4 N–H and O–H groups in total. The van der Waals surface area contributed by atoms with Crippen LogP contribution in [0.15, 0.2) is 54.6 Å². The zero-order chi connectivity index (χ0) is 17.7. The van der Waals surface area contributed by atoms with E-state index < -0.39 is 5.54 Å². The Balaban J connectivity index is 2.13. The van der Waals surface area contributed by atoms with Crippen LogP contribution < -0.4 is 16.4 Å². The van der Waals surface area contributed by atoms with Crippen LogP contribution in [0, 0.1) is 5.92 Å². The summed E-state index contributed by atoms with van der Waals surface area (Å²) in [6, 6.07) is 16.2. The first-order valence-corrected chi connectivity index (χ1v) is 7.87. The van der Waals surface area contributed by atoms with E-state index in [0.29, 0.717) is 11.4 Å². The summed E-state index contributed by atoms with van der Waals surface area (Å²) >= 11 is 0. The second-order valence-electron chi connectivity index (χ2n) is 6.25. The van der Waals surface area contributed by atoms with Crippen molar-refractivity contribution in [1.82, 2.24) is 0 Å². The molecular weight excluding hydrogens is 302 g/mol. The molecule has 0 aliphatic heterocycles. The minimum atomic E-state index is -1.15. The average molecular weight is 325 g/mol. The molecular formula is C19H23N3O2. The highest BCUT2D eigenvalue weighted by atomic mass is 16.2. The van der Waals surface area contributed by atoms with Gasteiger partial charge in [-0.3, -0.25) is 9.59 Å². The number of hydrogen-bond acceptors (Lipinski definition) is 3. The number of nitrogens with two attached hydrogens (primary N) is 1. The lowest BCUT2D eigenvalue weighted by molar-refractivity contribution is -0.121. The molecule has 24 heavy (non-hydrogen) atoms. The average Bonchev–Trinajstić information content (AvgIpc) is 2.55. The van der Waals surface area contributed by atoms with Gasteiger partial charge in [0.1, 0.15) is 5.54 Å². The minimum Gasteiger partial charge on any atom is -0.326 e. The van der Waals surface area contributed by atoms with Crippen LogP contribution in [0.2, 0.25) is 0 Å². The van der Waals surface area contributed by atoms with Gasteiger partial charge >= 0.3 is 0 Å². The second-order valence-corrected chi connectivity index (χ2v) is 6.25. The number of anilines is 2. The van der Waals surface area contributed by atoms with Crippen LogP contribution in [0.5, 0.6) is 0 Å². The predicted octanol–water partition coefficient (Wildman–Crippen LogP) is 3.09. The Morgan fingerprint density at radius 3 is 2.12 bits per heavy atom. The first kappa shape index (κ1) is 17.7. The molecule has 2 aromatic rings. The molecule has 0 bridgehead atoms. The number of nitrogens with one attached hydrogen (secondary N) is 2. The Kier molecular flexibility index (Phi) is 5.36. The van der Waals surface area contributed by atoms with Crippen LogP contribution in [-0.2, 0) is 15.1 Å². The van der Waals surface area contributed by atoms with E-state index in [9.17, 15) is 9.59 Å². The highest BCUT2D eigenvalue weighted by Crippen LogP contribution is 2.21. The van der Waals surface area contributed by atoms with Crippen molar-refractivity contribution in [3.8, 4) is 0 Å². The number of amides is 2. The third-order valence-electron chi connectivity index (χ3n) is 3.76. The largest absolute Gasteiger partial charge is 0.326 e. The highest BCUT2D eigenvalue weighted by molar-refractivity contribution is 5.99. The Labute approximate surface area is 142 Å². The van der Waals surface area contributed by atoms with E-state index in [-0.39, 0.29) is 17.7 Å². The number of hydrogen-bond donors (Lipinski definition) is 3. The maximum absolute atomic E-state index is 12.6. The molecule has 0 aliphatic carbocycles. The lowest BCUT2D eigenvalue weighted by atomic mass is 9.92. The molecule has 0 fully saturated rings. The Hall–Kier alpha value is -2.66. The van der Waals surface area contributed by atoms with Crippen LogP contribution >= 0.6 is 0 Å². The maximum Gasteiger partial charge on any atom is 0.248 e. The quantitative estimate of drug-likeness (QED) is 0.790. The smallest absolute Gasteiger partial charge is 0.248 e. The van der Waals surface area contributed by atoms with Gasteiger partial charge in [-0.15, -0.1) is 0 Å². The van der Waals surface area contributed by atoms with Gasteiger partial charge < -0.3 is 16.4 Å². The van der Waals surface area contributed by atoms with Crippen LogP contribution in [-0.4, -0.2) is 11.8 Å². The van der Waals surface area contributed by atoms with Gasteiger partial charge in [-0.2, -0.15) is 0 Å². The van der Waals surface area contributed by atoms with Crippen LogP contribution in [0.1, 0.15) is 26.3 Å². The van der Waals surface area contributed by atoms with Crippen molar-refractivity contribution in [3.63, 3.8) is 0 Å². The fourth-order valence-electron chi connectivity index (χ4n) is 2.14. The molecule has 5 heteroatoms. The molecule has 2 rings (SSSR count). The van der Waals surface area contributed by atoms with Gasteiger partial charge in [-0.1, -0.05) is 50.2 Å². The van der Waals surface area contributed by atoms with Crippen LogP contribution in [0.3, 0.4) is 0 Å². The van der Waals surface area contributed by atoms with E-state index in [1.165, 1.54) is 0 Å². The van der Waals surface area contributed by atoms with E-state index in [1.807, 2.05) is 44.2 Å². The van der Waals surface area contributed by atoms with Crippen LogP contribution in [0.4, 0.5) is 11.4 Å². The summed E-state index contributed by atoms with van der Waals surface area (Å²) < 4.78 is 0. The highest BCUT2D eigenvalue weighted by Gasteiger charge is 2.30. The molecule has 0 saturated heterocycles. The topological polar surface area (TPSA) is 84.2 Å². The van der Waals surface area contributed by atoms with Crippen LogP contribution in [0.25, 0.3) is 0 Å². The Bertz CT molecular complexity index is 724. The zero-order valence-electron chi connectivity index (χ0n) is 14.2. The van der Waals surface area contributed by atoms with Crippen molar-refractivity contribution in [3.05, 3.63) is 60.2 Å². The number of benzene rings is 2. The molecule has 0 aliphatic rings. The van der Waals surface area contributed by atoms with E-state index in [0.717, 1.165) is 5.56 Å². The van der Waals surface area contributed by atoms with Crippen molar-refractivity contribution in [1.29, 1.82) is 0 Å². The molecule has 1 unspecified atom stereocenters. The molecule has 0 radical (unpaired) electrons. The summed E-state index contributed by atoms with van der Waals surface area (Å²) in [6.07, 6.45) is 0. The Morgan fingerprint density at radius 2 is 1.54 bits per heavy atom. The van der Waals surface area contributed by atoms with Gasteiger partial charge in [-0.05, 0) is 30.7 Å². The second kappa shape index (κ2) is 7.27. The van der Waals surface area contributed by atoms with Crippen molar-refractivity contribution < 1.29 is 9.59 Å². The fraction of sp³-hybridized carbons (Fsp3) is 0.263. The minimum absolute atomic E-state index is 0.0774. The summed E-state index contributed by atoms with van der Waals surface area (Å²) in [5.74, 6) is -0.513. The molecule has 0 saturated carbocycles. The maximum atomic E-state index is 12.6. The molecule has 2 aromatic carbocycles. The van der Waals surface area contributed by atoms with Gasteiger partial charge in [0.2, 0.25) is 11.8 Å². The SMILES string of the molecule is CC(C)C(=O)Nc1cccc(NC(=O)C(C)(N)c2ccccc2)c1. The lowest BCUT2D eigenvalue weighted by Crippen LogP contribution is -2.45. The van der Waals surface area contributed by atoms with E-state index >= 15 is 0 Å². The third kappa shape index (κ3) is 4.20. The van der Waals surface area contributed by atoms with Crippen molar-refractivity contribution in [2.24, 2.45) is 11.7 Å². The first-order chi connectivity index (χ1) is 11.3. The van der Waals surface area contributed by atoms with E-state index in [4.69, 9.17) is 5.73 Å². The van der Waals surface area contributed by atoms with E-state index in [1.54, 1.807) is 31.2 Å². The van der Waals surface area contributed by atoms with Crippen molar-refractivity contribution in [2.45, 2.75) is 26.3 Å². The molecule has 5 nitrogen and oxygen atoms in total. The predicted molar refractivity (Wildman–Crippen MR) is 96.5 cm³/mol. The van der Waals surface area contributed by atoms with Crippen molar-refractivity contribution in [2.75, 3.05) is 10.6 Å². The van der Waals surface area contributed by atoms with Gasteiger partial charge in [0.15, 0.2) is 0 Å². The number of rotatable bonds is 5. The van der Waals surface area contributed by atoms with Gasteiger partial charge in [-0.25, -0.2) is 0 Å². The third-order valence-corrected chi connectivity index (χ3v) is 3.76. The molecule has 2 amide bonds. The lowest BCUT2D eigenvalue weighted by Gasteiger charge is -2.24.